The lowest BCUT2D eigenvalue weighted by molar-refractivity contribution is 0.226. The van der Waals surface area contributed by atoms with Crippen LogP contribution in [0.4, 0.5) is 11.6 Å². The average Bonchev–Trinajstić information content (AvgIpc) is 2.45. The summed E-state index contributed by atoms with van der Waals surface area (Å²) in [6.07, 6.45) is 4.02. The molecule has 1 aromatic rings. The zero-order chi connectivity index (χ0) is 13.5. The van der Waals surface area contributed by atoms with Crippen molar-refractivity contribution in [2.75, 3.05) is 50.5 Å². The third kappa shape index (κ3) is 4.65. The highest BCUT2D eigenvalue weighted by Crippen LogP contribution is 2.17. The van der Waals surface area contributed by atoms with E-state index in [1.807, 2.05) is 6.07 Å². The fourth-order valence-corrected chi connectivity index (χ4v) is 2.25. The zero-order valence-electron chi connectivity index (χ0n) is 11.5. The van der Waals surface area contributed by atoms with Gasteiger partial charge in [0.15, 0.2) is 0 Å². The molecule has 106 valence electrons. The summed E-state index contributed by atoms with van der Waals surface area (Å²) in [5.41, 5.74) is 0. The van der Waals surface area contributed by atoms with E-state index in [4.69, 9.17) is 5.11 Å². The molecule has 1 aliphatic rings. The van der Waals surface area contributed by atoms with E-state index < -0.39 is 0 Å². The van der Waals surface area contributed by atoms with Gasteiger partial charge in [0.25, 0.3) is 0 Å². The molecule has 6 nitrogen and oxygen atoms in total. The molecule has 6 heteroatoms. The maximum Gasteiger partial charge on any atom is 0.131 e. The Bertz CT molecular complexity index is 379. The standard InChI is InChI=1S/C13H23N5O/c1-18-5-2-11(3-6-18)9-15-13-8-12(14-4-7-19)16-10-17-13/h8,10-11,19H,2-7,9H2,1H3,(H2,14,15,16,17). The number of rotatable bonds is 6. The van der Waals surface area contributed by atoms with Crippen LogP contribution in [0, 0.1) is 5.92 Å². The predicted molar refractivity (Wildman–Crippen MR) is 76.3 cm³/mol. The van der Waals surface area contributed by atoms with E-state index in [2.05, 4.69) is 32.5 Å². The van der Waals surface area contributed by atoms with E-state index in [9.17, 15) is 0 Å². The van der Waals surface area contributed by atoms with Crippen molar-refractivity contribution in [3.05, 3.63) is 12.4 Å². The van der Waals surface area contributed by atoms with E-state index in [0.717, 1.165) is 24.1 Å². The lowest BCUT2D eigenvalue weighted by Gasteiger charge is -2.29. The van der Waals surface area contributed by atoms with Crippen molar-refractivity contribution in [3.8, 4) is 0 Å². The van der Waals surface area contributed by atoms with Crippen molar-refractivity contribution in [1.29, 1.82) is 0 Å². The van der Waals surface area contributed by atoms with Crippen LogP contribution in [0.2, 0.25) is 0 Å². The Hall–Kier alpha value is -1.40. The Morgan fingerprint density at radius 2 is 1.95 bits per heavy atom. The molecule has 1 aliphatic heterocycles. The molecule has 19 heavy (non-hydrogen) atoms. The summed E-state index contributed by atoms with van der Waals surface area (Å²) in [6.45, 7) is 3.93. The Balaban J connectivity index is 1.78. The molecule has 0 amide bonds. The minimum absolute atomic E-state index is 0.0996. The molecule has 3 N–H and O–H groups in total. The van der Waals surface area contributed by atoms with Crippen LogP contribution in [0.25, 0.3) is 0 Å². The lowest BCUT2D eigenvalue weighted by atomic mass is 9.97. The van der Waals surface area contributed by atoms with Crippen molar-refractivity contribution in [2.24, 2.45) is 5.92 Å². The van der Waals surface area contributed by atoms with Gasteiger partial charge < -0.3 is 20.6 Å². The number of nitrogens with zero attached hydrogens (tertiary/aromatic N) is 3. The van der Waals surface area contributed by atoms with Crippen LogP contribution in [0.3, 0.4) is 0 Å². The first-order chi connectivity index (χ1) is 9.28. The molecule has 0 saturated carbocycles. The second kappa shape index (κ2) is 7.25. The average molecular weight is 265 g/mol. The van der Waals surface area contributed by atoms with Crippen LogP contribution in [-0.2, 0) is 0 Å². The molecule has 0 bridgehead atoms. The van der Waals surface area contributed by atoms with Gasteiger partial charge in [-0.25, -0.2) is 9.97 Å². The minimum atomic E-state index is 0.0996. The van der Waals surface area contributed by atoms with Crippen LogP contribution in [0.1, 0.15) is 12.8 Å². The Morgan fingerprint density at radius 3 is 2.63 bits per heavy atom. The van der Waals surface area contributed by atoms with Gasteiger partial charge in [0.1, 0.15) is 18.0 Å². The number of nitrogens with one attached hydrogen (secondary N) is 2. The van der Waals surface area contributed by atoms with Crippen LogP contribution >= 0.6 is 0 Å². The summed E-state index contributed by atoms with van der Waals surface area (Å²) in [7, 11) is 2.17. The minimum Gasteiger partial charge on any atom is -0.395 e. The van der Waals surface area contributed by atoms with E-state index in [1.165, 1.54) is 32.3 Å². The summed E-state index contributed by atoms with van der Waals surface area (Å²) in [5, 5.41) is 15.2. The van der Waals surface area contributed by atoms with Crippen molar-refractivity contribution in [1.82, 2.24) is 14.9 Å². The fourth-order valence-electron chi connectivity index (χ4n) is 2.25. The van der Waals surface area contributed by atoms with Crippen molar-refractivity contribution < 1.29 is 5.11 Å². The molecule has 2 rings (SSSR count). The van der Waals surface area contributed by atoms with Crippen molar-refractivity contribution in [3.63, 3.8) is 0 Å². The molecule has 0 aliphatic carbocycles. The number of aromatic nitrogens is 2. The van der Waals surface area contributed by atoms with Crippen LogP contribution in [-0.4, -0.2) is 59.8 Å². The Kier molecular flexibility index (Phi) is 5.35. The van der Waals surface area contributed by atoms with Gasteiger partial charge in [0, 0.05) is 19.2 Å². The maximum absolute atomic E-state index is 8.77. The van der Waals surface area contributed by atoms with E-state index in [0.29, 0.717) is 6.54 Å². The molecule has 1 saturated heterocycles. The van der Waals surface area contributed by atoms with Gasteiger partial charge in [-0.05, 0) is 38.9 Å². The van der Waals surface area contributed by atoms with Crippen LogP contribution in [0.15, 0.2) is 12.4 Å². The normalized spacial score (nSPS) is 17.4. The molecule has 0 spiro atoms. The second-order valence-electron chi connectivity index (χ2n) is 5.07. The molecular weight excluding hydrogens is 242 g/mol. The predicted octanol–water partition coefficient (Wildman–Crippen LogP) is 0.634. The first-order valence-electron chi connectivity index (χ1n) is 6.87. The monoisotopic (exact) mass is 265 g/mol. The molecule has 0 aromatic carbocycles. The van der Waals surface area contributed by atoms with Gasteiger partial charge in [-0.1, -0.05) is 0 Å². The summed E-state index contributed by atoms with van der Waals surface area (Å²) >= 11 is 0. The highest BCUT2D eigenvalue weighted by molar-refractivity contribution is 5.46. The zero-order valence-corrected chi connectivity index (χ0v) is 11.5. The molecular formula is C13H23N5O. The summed E-state index contributed by atoms with van der Waals surface area (Å²) < 4.78 is 0. The van der Waals surface area contributed by atoms with Crippen LogP contribution in [0.5, 0.6) is 0 Å². The molecule has 0 unspecified atom stereocenters. The lowest BCUT2D eigenvalue weighted by Crippen LogP contribution is -2.33. The van der Waals surface area contributed by atoms with Gasteiger partial charge >= 0.3 is 0 Å². The van der Waals surface area contributed by atoms with Gasteiger partial charge in [-0.15, -0.1) is 0 Å². The van der Waals surface area contributed by atoms with E-state index in [1.54, 1.807) is 0 Å². The largest absolute Gasteiger partial charge is 0.395 e. The van der Waals surface area contributed by atoms with E-state index in [-0.39, 0.29) is 6.61 Å². The summed E-state index contributed by atoms with van der Waals surface area (Å²) in [6, 6.07) is 1.88. The third-order valence-electron chi connectivity index (χ3n) is 3.49. The van der Waals surface area contributed by atoms with Gasteiger partial charge in [0.2, 0.25) is 0 Å². The van der Waals surface area contributed by atoms with Crippen LogP contribution < -0.4 is 10.6 Å². The van der Waals surface area contributed by atoms with E-state index >= 15 is 0 Å². The molecule has 1 fully saturated rings. The molecule has 2 heterocycles. The molecule has 0 radical (unpaired) electrons. The maximum atomic E-state index is 8.77. The number of hydrogen-bond donors (Lipinski definition) is 3. The number of hydrogen-bond acceptors (Lipinski definition) is 6. The highest BCUT2D eigenvalue weighted by Gasteiger charge is 2.16. The van der Waals surface area contributed by atoms with Crippen molar-refractivity contribution in [2.45, 2.75) is 12.8 Å². The fraction of sp³-hybridized carbons (Fsp3) is 0.692. The van der Waals surface area contributed by atoms with Crippen molar-refractivity contribution >= 4 is 11.6 Å². The number of piperidine rings is 1. The highest BCUT2D eigenvalue weighted by atomic mass is 16.3. The topological polar surface area (TPSA) is 73.3 Å². The Morgan fingerprint density at radius 1 is 1.26 bits per heavy atom. The third-order valence-corrected chi connectivity index (χ3v) is 3.49. The SMILES string of the molecule is CN1CCC(CNc2cc(NCCO)ncn2)CC1. The molecule has 0 atom stereocenters. The number of likely N-dealkylation sites (tertiary alicyclic amines) is 1. The smallest absolute Gasteiger partial charge is 0.131 e. The number of aliphatic hydroxyl groups excluding tert-OH is 1. The first-order valence-corrected chi connectivity index (χ1v) is 6.87. The summed E-state index contributed by atoms with van der Waals surface area (Å²) in [4.78, 5) is 10.7. The number of anilines is 2. The van der Waals surface area contributed by atoms with Gasteiger partial charge in [0.05, 0.1) is 6.61 Å². The second-order valence-corrected chi connectivity index (χ2v) is 5.07. The molecule has 1 aromatic heterocycles. The Labute approximate surface area is 114 Å². The first kappa shape index (κ1) is 14.0. The summed E-state index contributed by atoms with van der Waals surface area (Å²) in [5.74, 6) is 2.31. The quantitative estimate of drug-likeness (QED) is 0.701. The number of aliphatic hydroxyl groups is 1. The van der Waals surface area contributed by atoms with Gasteiger partial charge in [-0.3, -0.25) is 0 Å². The van der Waals surface area contributed by atoms with Gasteiger partial charge in [-0.2, -0.15) is 0 Å².